The summed E-state index contributed by atoms with van der Waals surface area (Å²) < 4.78 is 0. The molecule has 0 aliphatic heterocycles. The van der Waals surface area contributed by atoms with Crippen molar-refractivity contribution in [2.24, 2.45) is 35.5 Å². The van der Waals surface area contributed by atoms with Gasteiger partial charge in [-0.15, -0.1) is 0 Å². The summed E-state index contributed by atoms with van der Waals surface area (Å²) in [5.74, 6) is 6.54. The van der Waals surface area contributed by atoms with Crippen molar-refractivity contribution in [3.8, 4) is 11.1 Å². The van der Waals surface area contributed by atoms with Crippen LogP contribution in [0.15, 0.2) is 48.5 Å². The van der Waals surface area contributed by atoms with Crippen LogP contribution in [-0.2, 0) is 20.8 Å². The van der Waals surface area contributed by atoms with Gasteiger partial charge in [-0.25, -0.2) is 0 Å². The van der Waals surface area contributed by atoms with Crippen LogP contribution in [0.3, 0.4) is 0 Å². The standard InChI is InChI=1S/C38H56Si2.2CH3.2ClH.Zr/c1-6-7-13-26-20-21-28(24-26)39(2,3)40(4,5)36-23-22-34-35(36)25-27-14-12-19-29(27)37(34)38-32-17-10-8-15-30(32)31-16-9-11-18-33(31)38;;;;;/h8-11,15-18,26-29,34-38H,6-7,12-14,19-25H2,1-5H3;2*1H3;2*1H;/q;2*-1;;;+4/p-2. The molecular weight excluding hydrogens is 699 g/mol. The van der Waals surface area contributed by atoms with Crippen molar-refractivity contribution in [3.63, 3.8) is 0 Å². The van der Waals surface area contributed by atoms with E-state index in [1.54, 1.807) is 54.4 Å². The van der Waals surface area contributed by atoms with E-state index >= 15 is 0 Å². The Morgan fingerprint density at radius 1 is 0.711 bits per heavy atom. The second-order valence-electron chi connectivity index (χ2n) is 16.4. The maximum atomic E-state index is 4.93. The van der Waals surface area contributed by atoms with Crippen molar-refractivity contribution in [2.45, 2.75) is 127 Å². The van der Waals surface area contributed by atoms with Crippen LogP contribution in [0, 0.1) is 50.4 Å². The van der Waals surface area contributed by atoms with Crippen molar-refractivity contribution in [1.29, 1.82) is 0 Å². The van der Waals surface area contributed by atoms with E-state index in [2.05, 4.69) is 81.6 Å². The first-order valence-corrected chi connectivity index (χ1v) is 31.4. The molecule has 0 N–H and O–H groups in total. The SMILES string of the molecule is CCCCC1CCC([Si](C)(C)[Si](C)(C)C2CCC3C2CC2CCCC2C3C2c3ccccc3-c3ccccc32)C1.[CH3-].[CH3-].[Cl][Zr+2][Cl]. The molecule has 45 heavy (non-hydrogen) atoms. The average Bonchev–Trinajstić information content (AvgIpc) is 3.80. The van der Waals surface area contributed by atoms with Crippen LogP contribution in [0.4, 0.5) is 0 Å². The van der Waals surface area contributed by atoms with E-state index in [0.29, 0.717) is 5.92 Å². The van der Waals surface area contributed by atoms with E-state index in [9.17, 15) is 0 Å². The molecule has 2 aromatic carbocycles. The second kappa shape index (κ2) is 15.9. The molecule has 8 unspecified atom stereocenters. The molecule has 0 radical (unpaired) electrons. The van der Waals surface area contributed by atoms with Gasteiger partial charge in [0, 0.05) is 21.1 Å². The zero-order chi connectivity index (χ0) is 30.4. The summed E-state index contributed by atoms with van der Waals surface area (Å²) in [5.41, 5.74) is 8.66. The van der Waals surface area contributed by atoms with Gasteiger partial charge in [0.25, 0.3) is 0 Å². The normalized spacial score (nSPS) is 31.7. The third-order valence-corrected chi connectivity index (χ3v) is 35.3. The topological polar surface area (TPSA) is 0 Å². The first kappa shape index (κ1) is 38.1. The molecule has 5 aliphatic carbocycles. The van der Waals surface area contributed by atoms with Gasteiger partial charge >= 0.3 is 37.9 Å². The summed E-state index contributed by atoms with van der Waals surface area (Å²) in [6, 6.07) is 19.1. The molecule has 0 aromatic heterocycles. The van der Waals surface area contributed by atoms with Crippen molar-refractivity contribution >= 4 is 32.2 Å². The number of benzene rings is 2. The molecule has 4 fully saturated rings. The van der Waals surface area contributed by atoms with Crippen molar-refractivity contribution in [2.75, 3.05) is 0 Å². The molecule has 5 aliphatic rings. The molecule has 7 rings (SSSR count). The van der Waals surface area contributed by atoms with Crippen molar-refractivity contribution < 1.29 is 20.8 Å². The first-order chi connectivity index (χ1) is 20.7. The monoisotopic (exact) mass is 758 g/mol. The van der Waals surface area contributed by atoms with Crippen molar-refractivity contribution in [3.05, 3.63) is 74.5 Å². The number of rotatable bonds is 7. The maximum absolute atomic E-state index is 4.93. The Hall–Kier alpha value is 0.337. The molecule has 0 saturated heterocycles. The van der Waals surface area contributed by atoms with Crippen LogP contribution >= 0.6 is 17.0 Å². The molecule has 8 atom stereocenters. The third-order valence-electron chi connectivity index (χ3n) is 14.5. The summed E-state index contributed by atoms with van der Waals surface area (Å²) in [4.78, 5) is 0. The molecule has 0 heterocycles. The van der Waals surface area contributed by atoms with E-state index < -0.39 is 36.0 Å². The Labute approximate surface area is 299 Å². The number of fused-ring (bicyclic) bond motifs is 5. The molecule has 4 saturated carbocycles. The third kappa shape index (κ3) is 6.90. The Kier molecular flexibility index (Phi) is 13.5. The second-order valence-corrected chi connectivity index (χ2v) is 36.3. The van der Waals surface area contributed by atoms with E-state index in [0.717, 1.165) is 46.6 Å². The van der Waals surface area contributed by atoms with Crippen LogP contribution in [-0.4, -0.2) is 15.2 Å². The van der Waals surface area contributed by atoms with Gasteiger partial charge < -0.3 is 14.9 Å². The predicted octanol–water partition coefficient (Wildman–Crippen LogP) is 13.8. The summed E-state index contributed by atoms with van der Waals surface area (Å²) in [6.07, 6.45) is 18.3. The van der Waals surface area contributed by atoms with Gasteiger partial charge in [-0.05, 0) is 88.1 Å². The quantitative estimate of drug-likeness (QED) is 0.195. The van der Waals surface area contributed by atoms with Crippen LogP contribution in [0.5, 0.6) is 0 Å². The summed E-state index contributed by atoms with van der Waals surface area (Å²) >= 11 is -0.826. The van der Waals surface area contributed by atoms with Crippen LogP contribution in [0.1, 0.15) is 101 Å². The number of halogens is 2. The van der Waals surface area contributed by atoms with Gasteiger partial charge in [-0.1, -0.05) is 139 Å². The molecule has 0 nitrogen and oxygen atoms in total. The number of hydrogen-bond donors (Lipinski definition) is 0. The van der Waals surface area contributed by atoms with Gasteiger partial charge in [-0.2, -0.15) is 0 Å². The molecule has 2 aromatic rings. The van der Waals surface area contributed by atoms with Gasteiger partial charge in [0.05, 0.1) is 0 Å². The van der Waals surface area contributed by atoms with Crippen LogP contribution in [0.2, 0.25) is 37.3 Å². The molecule has 5 heteroatoms. The molecule has 0 spiro atoms. The summed E-state index contributed by atoms with van der Waals surface area (Å²) in [6.45, 7) is 14.1. The van der Waals surface area contributed by atoms with E-state index in [1.807, 2.05) is 0 Å². The van der Waals surface area contributed by atoms with E-state index in [1.165, 1.54) is 44.9 Å². The van der Waals surface area contributed by atoms with Crippen LogP contribution < -0.4 is 0 Å². The fraction of sp³-hybridized carbons (Fsp3) is 0.650. The molecule has 0 bridgehead atoms. The Morgan fingerprint density at radius 3 is 1.96 bits per heavy atom. The minimum atomic E-state index is -1.35. The van der Waals surface area contributed by atoms with E-state index in [-0.39, 0.29) is 14.9 Å². The summed E-state index contributed by atoms with van der Waals surface area (Å²) in [5, 5.41) is 0. The predicted molar refractivity (Wildman–Crippen MR) is 203 cm³/mol. The fourth-order valence-electron chi connectivity index (χ4n) is 11.9. The van der Waals surface area contributed by atoms with Gasteiger partial charge in [0.15, 0.2) is 0 Å². The zero-order valence-corrected chi connectivity index (χ0v) is 35.5. The Balaban J connectivity index is 0.000000888. The van der Waals surface area contributed by atoms with E-state index in [4.69, 9.17) is 17.0 Å². The molecule has 0 amide bonds. The minimum absolute atomic E-state index is 0. The van der Waals surface area contributed by atoms with Gasteiger partial charge in [0.2, 0.25) is 0 Å². The van der Waals surface area contributed by atoms with Crippen molar-refractivity contribution in [1.82, 2.24) is 0 Å². The number of hydrogen-bond acceptors (Lipinski definition) is 0. The van der Waals surface area contributed by atoms with Gasteiger partial charge in [0.1, 0.15) is 0 Å². The number of unbranched alkanes of at least 4 members (excludes halogenated alkanes) is 1. The molecular formula is C40H62Cl2Si2Zr. The Morgan fingerprint density at radius 2 is 1.33 bits per heavy atom. The summed E-state index contributed by atoms with van der Waals surface area (Å²) in [7, 11) is 7.23. The first-order valence-electron chi connectivity index (χ1n) is 17.9. The van der Waals surface area contributed by atoms with Crippen LogP contribution in [0.25, 0.3) is 11.1 Å². The van der Waals surface area contributed by atoms with Gasteiger partial charge in [-0.3, -0.25) is 0 Å². The molecule has 248 valence electrons. The fourth-order valence-corrected chi connectivity index (χ4v) is 26.0. The zero-order valence-electron chi connectivity index (χ0n) is 29.6. The Bertz CT molecular complexity index is 1200. The average molecular weight is 761 g/mol.